The van der Waals surface area contributed by atoms with Crippen LogP contribution in [0.3, 0.4) is 0 Å². The second-order valence-electron chi connectivity index (χ2n) is 5.11. The van der Waals surface area contributed by atoms with Gasteiger partial charge in [-0.3, -0.25) is 0 Å². The fourth-order valence-electron chi connectivity index (χ4n) is 2.17. The van der Waals surface area contributed by atoms with E-state index in [2.05, 4.69) is 36.0 Å². The number of rotatable bonds is 10. The van der Waals surface area contributed by atoms with E-state index < -0.39 is 0 Å². The number of unbranched alkanes of at least 4 members (excludes halogenated alkanes) is 2. The summed E-state index contributed by atoms with van der Waals surface area (Å²) in [6.07, 6.45) is 5.93. The average molecular weight is 281 g/mol. The summed E-state index contributed by atoms with van der Waals surface area (Å²) in [6, 6.07) is 1.61. The Labute approximate surface area is 122 Å². The molecule has 1 aromatic rings. The van der Waals surface area contributed by atoms with Crippen LogP contribution in [0.25, 0.3) is 0 Å². The first kappa shape index (κ1) is 16.9. The fourth-order valence-corrected chi connectivity index (χ4v) is 2.17. The molecule has 0 atom stereocenters. The monoisotopic (exact) mass is 281 g/mol. The normalized spacial score (nSPS) is 10.8. The lowest BCUT2D eigenvalue weighted by Gasteiger charge is -2.26. The highest BCUT2D eigenvalue weighted by Gasteiger charge is 2.13. The molecule has 1 heterocycles. The lowest BCUT2D eigenvalue weighted by molar-refractivity contribution is 0.608. The molecule has 4 heteroatoms. The standard InChI is InChI=1S/C16H28FN3/c1-4-7-9-20(10-8-5-2)16-14(12-18-6-3)11-15(17)13-19-16/h11,13,18H,4-10,12H2,1-3H3. The van der Waals surface area contributed by atoms with E-state index in [1.165, 1.54) is 6.20 Å². The number of halogens is 1. The van der Waals surface area contributed by atoms with Crippen molar-refractivity contribution in [3.8, 4) is 0 Å². The topological polar surface area (TPSA) is 28.2 Å². The van der Waals surface area contributed by atoms with Crippen molar-refractivity contribution in [3.63, 3.8) is 0 Å². The summed E-state index contributed by atoms with van der Waals surface area (Å²) >= 11 is 0. The maximum Gasteiger partial charge on any atom is 0.141 e. The largest absolute Gasteiger partial charge is 0.356 e. The number of nitrogens with one attached hydrogen (secondary N) is 1. The summed E-state index contributed by atoms with van der Waals surface area (Å²) in [7, 11) is 0. The van der Waals surface area contributed by atoms with Gasteiger partial charge in [0.1, 0.15) is 11.6 Å². The van der Waals surface area contributed by atoms with E-state index in [0.29, 0.717) is 6.54 Å². The third-order valence-corrected chi connectivity index (χ3v) is 3.34. The molecule has 0 unspecified atom stereocenters. The van der Waals surface area contributed by atoms with Crippen LogP contribution in [0.5, 0.6) is 0 Å². The minimum atomic E-state index is -0.257. The summed E-state index contributed by atoms with van der Waals surface area (Å²) in [5, 5.41) is 3.27. The molecule has 0 aliphatic heterocycles. The third kappa shape index (κ3) is 5.45. The lowest BCUT2D eigenvalue weighted by atomic mass is 10.2. The maximum atomic E-state index is 13.4. The molecule has 0 saturated carbocycles. The van der Waals surface area contributed by atoms with Crippen LogP contribution in [0, 0.1) is 5.82 Å². The van der Waals surface area contributed by atoms with Gasteiger partial charge in [0, 0.05) is 25.2 Å². The molecule has 0 spiro atoms. The number of hydrogen-bond donors (Lipinski definition) is 1. The first-order chi connectivity index (χ1) is 9.72. The number of anilines is 1. The summed E-state index contributed by atoms with van der Waals surface area (Å²) < 4.78 is 13.4. The Morgan fingerprint density at radius 1 is 1.15 bits per heavy atom. The molecule has 20 heavy (non-hydrogen) atoms. The SMILES string of the molecule is CCCCN(CCCC)c1ncc(F)cc1CNCC. The number of hydrogen-bond acceptors (Lipinski definition) is 3. The first-order valence-electron chi connectivity index (χ1n) is 7.82. The van der Waals surface area contributed by atoms with Crippen LogP contribution < -0.4 is 10.2 Å². The molecule has 0 saturated heterocycles. The molecule has 1 N–H and O–H groups in total. The Bertz CT molecular complexity index is 374. The highest BCUT2D eigenvalue weighted by atomic mass is 19.1. The molecular weight excluding hydrogens is 253 g/mol. The second-order valence-corrected chi connectivity index (χ2v) is 5.11. The van der Waals surface area contributed by atoms with Crippen LogP contribution in [0.2, 0.25) is 0 Å². The van der Waals surface area contributed by atoms with Gasteiger partial charge in [0.25, 0.3) is 0 Å². The summed E-state index contributed by atoms with van der Waals surface area (Å²) in [5.74, 6) is 0.682. The van der Waals surface area contributed by atoms with Crippen molar-refractivity contribution in [3.05, 3.63) is 23.6 Å². The molecule has 1 rings (SSSR count). The van der Waals surface area contributed by atoms with Crippen molar-refractivity contribution < 1.29 is 4.39 Å². The maximum absolute atomic E-state index is 13.4. The summed E-state index contributed by atoms with van der Waals surface area (Å²) in [6.45, 7) is 9.97. The van der Waals surface area contributed by atoms with Crippen LogP contribution in [0.15, 0.2) is 12.3 Å². The van der Waals surface area contributed by atoms with E-state index in [1.54, 1.807) is 6.07 Å². The van der Waals surface area contributed by atoms with Gasteiger partial charge in [0.15, 0.2) is 0 Å². The van der Waals surface area contributed by atoms with Crippen molar-refractivity contribution in [1.82, 2.24) is 10.3 Å². The number of nitrogens with zero attached hydrogens (tertiary/aromatic N) is 2. The van der Waals surface area contributed by atoms with Gasteiger partial charge in [-0.05, 0) is 25.5 Å². The zero-order valence-corrected chi connectivity index (χ0v) is 13.1. The number of pyridine rings is 1. The fraction of sp³-hybridized carbons (Fsp3) is 0.688. The molecule has 0 bridgehead atoms. The highest BCUT2D eigenvalue weighted by Crippen LogP contribution is 2.20. The van der Waals surface area contributed by atoms with Crippen LogP contribution in [-0.2, 0) is 6.54 Å². The van der Waals surface area contributed by atoms with Crippen LogP contribution in [0.1, 0.15) is 52.0 Å². The van der Waals surface area contributed by atoms with Crippen molar-refractivity contribution >= 4 is 5.82 Å². The Morgan fingerprint density at radius 2 is 1.80 bits per heavy atom. The quantitative estimate of drug-likeness (QED) is 0.708. The van der Waals surface area contributed by atoms with Crippen LogP contribution in [0.4, 0.5) is 10.2 Å². The molecule has 0 aliphatic carbocycles. The molecule has 0 aromatic carbocycles. The predicted octanol–water partition coefficient (Wildman–Crippen LogP) is 3.74. The van der Waals surface area contributed by atoms with E-state index in [-0.39, 0.29) is 5.82 Å². The van der Waals surface area contributed by atoms with Gasteiger partial charge in [0.2, 0.25) is 0 Å². The van der Waals surface area contributed by atoms with Crippen molar-refractivity contribution in [1.29, 1.82) is 0 Å². The highest BCUT2D eigenvalue weighted by molar-refractivity contribution is 5.46. The van der Waals surface area contributed by atoms with Crippen molar-refractivity contribution in [2.75, 3.05) is 24.5 Å². The predicted molar refractivity (Wildman–Crippen MR) is 83.6 cm³/mol. The van der Waals surface area contributed by atoms with Gasteiger partial charge >= 0.3 is 0 Å². The molecule has 0 aliphatic rings. The van der Waals surface area contributed by atoms with Crippen molar-refractivity contribution in [2.24, 2.45) is 0 Å². The minimum Gasteiger partial charge on any atom is -0.356 e. The van der Waals surface area contributed by atoms with Gasteiger partial charge in [-0.1, -0.05) is 33.6 Å². The summed E-state index contributed by atoms with van der Waals surface area (Å²) in [5.41, 5.74) is 0.957. The average Bonchev–Trinajstić information content (AvgIpc) is 2.46. The van der Waals surface area contributed by atoms with Crippen molar-refractivity contribution in [2.45, 2.75) is 53.0 Å². The van der Waals surface area contributed by atoms with Crippen LogP contribution in [-0.4, -0.2) is 24.6 Å². The number of aromatic nitrogens is 1. The van der Waals surface area contributed by atoms with E-state index in [9.17, 15) is 4.39 Å². The smallest absolute Gasteiger partial charge is 0.141 e. The van der Waals surface area contributed by atoms with Gasteiger partial charge in [0.05, 0.1) is 6.20 Å². The molecule has 0 amide bonds. The minimum absolute atomic E-state index is 0.257. The Morgan fingerprint density at radius 3 is 2.35 bits per heavy atom. The first-order valence-corrected chi connectivity index (χ1v) is 7.82. The molecule has 114 valence electrons. The zero-order valence-electron chi connectivity index (χ0n) is 13.1. The molecule has 1 aromatic heterocycles. The zero-order chi connectivity index (χ0) is 14.8. The summed E-state index contributed by atoms with van der Waals surface area (Å²) in [4.78, 5) is 6.65. The van der Waals surface area contributed by atoms with E-state index >= 15 is 0 Å². The lowest BCUT2D eigenvalue weighted by Crippen LogP contribution is -2.28. The Kier molecular flexibility index (Phi) is 8.19. The van der Waals surface area contributed by atoms with Crippen LogP contribution >= 0.6 is 0 Å². The van der Waals surface area contributed by atoms with Gasteiger partial charge < -0.3 is 10.2 Å². The van der Waals surface area contributed by atoms with Gasteiger partial charge in [-0.2, -0.15) is 0 Å². The van der Waals surface area contributed by atoms with Gasteiger partial charge in [-0.15, -0.1) is 0 Å². The van der Waals surface area contributed by atoms with Gasteiger partial charge in [-0.25, -0.2) is 9.37 Å². The molecule has 0 fully saturated rings. The molecule has 0 radical (unpaired) electrons. The molecule has 3 nitrogen and oxygen atoms in total. The van der Waals surface area contributed by atoms with E-state index in [4.69, 9.17) is 0 Å². The van der Waals surface area contributed by atoms with E-state index in [1.807, 2.05) is 0 Å². The Balaban J connectivity index is 2.90. The Hall–Kier alpha value is -1.16. The second kappa shape index (κ2) is 9.70. The van der Waals surface area contributed by atoms with E-state index in [0.717, 1.165) is 56.7 Å². The molecular formula is C16H28FN3. The third-order valence-electron chi connectivity index (χ3n) is 3.34.